The van der Waals surface area contributed by atoms with Gasteiger partial charge in [-0.05, 0) is 34.6 Å². The Hall–Kier alpha value is -2.08. The van der Waals surface area contributed by atoms with Gasteiger partial charge >= 0.3 is 0 Å². The zero-order valence-corrected chi connectivity index (χ0v) is 12.3. The molecule has 0 nitrogen and oxygen atoms in total. The van der Waals surface area contributed by atoms with Crippen LogP contribution in [0.3, 0.4) is 0 Å². The molecule has 0 aliphatic heterocycles. The minimum Gasteiger partial charge on any atom is -0.0949 e. The van der Waals surface area contributed by atoms with Crippen molar-refractivity contribution in [3.05, 3.63) is 83.9 Å². The van der Waals surface area contributed by atoms with E-state index in [0.29, 0.717) is 5.92 Å². The Morgan fingerprint density at radius 1 is 1.00 bits per heavy atom. The minimum atomic E-state index is 0.586. The summed E-state index contributed by atoms with van der Waals surface area (Å²) in [6.45, 7) is 8.58. The second-order valence-electron chi connectivity index (χ2n) is 5.49. The lowest BCUT2D eigenvalue weighted by molar-refractivity contribution is 0.836. The van der Waals surface area contributed by atoms with Crippen molar-refractivity contribution in [1.29, 1.82) is 0 Å². The van der Waals surface area contributed by atoms with E-state index in [2.05, 4.69) is 81.1 Å². The van der Waals surface area contributed by atoms with Gasteiger partial charge in [-0.2, -0.15) is 0 Å². The summed E-state index contributed by atoms with van der Waals surface area (Å²) < 4.78 is 0. The van der Waals surface area contributed by atoms with Crippen LogP contribution in [0.15, 0.2) is 67.3 Å². The lowest BCUT2D eigenvalue weighted by atomic mass is 9.98. The Labute approximate surface area is 122 Å². The van der Waals surface area contributed by atoms with Crippen LogP contribution in [0.2, 0.25) is 0 Å². The lowest BCUT2D eigenvalue weighted by Crippen LogP contribution is -1.89. The molecule has 0 spiro atoms. The Balaban J connectivity index is 2.04. The highest BCUT2D eigenvalue weighted by molar-refractivity contribution is 5.67. The number of hydrogen-bond acceptors (Lipinski definition) is 0. The molecule has 0 N–H and O–H groups in total. The Bertz CT molecular complexity index is 571. The van der Waals surface area contributed by atoms with E-state index < -0.39 is 0 Å². The van der Waals surface area contributed by atoms with Crippen molar-refractivity contribution in [3.8, 4) is 0 Å². The average Bonchev–Trinajstić information content (AvgIpc) is 2.46. The maximum Gasteiger partial charge on any atom is -0.00257 e. The van der Waals surface area contributed by atoms with Crippen molar-refractivity contribution in [3.63, 3.8) is 0 Å². The van der Waals surface area contributed by atoms with E-state index >= 15 is 0 Å². The largest absolute Gasteiger partial charge is 0.0949 e. The van der Waals surface area contributed by atoms with Crippen molar-refractivity contribution >= 4 is 11.6 Å². The van der Waals surface area contributed by atoms with Crippen LogP contribution in [0.25, 0.3) is 11.6 Å². The van der Waals surface area contributed by atoms with Gasteiger partial charge < -0.3 is 0 Å². The van der Waals surface area contributed by atoms with Crippen LogP contribution in [-0.4, -0.2) is 0 Å². The fraction of sp³-hybridized carbons (Fsp3) is 0.200. The van der Waals surface area contributed by atoms with Gasteiger partial charge in [0.05, 0.1) is 0 Å². The molecule has 0 fully saturated rings. The molecule has 0 aliphatic rings. The molecule has 0 heteroatoms. The molecule has 20 heavy (non-hydrogen) atoms. The predicted molar refractivity (Wildman–Crippen MR) is 89.5 cm³/mol. The van der Waals surface area contributed by atoms with Gasteiger partial charge in [0.25, 0.3) is 0 Å². The second kappa shape index (κ2) is 6.91. The predicted octanol–water partition coefficient (Wildman–Crippen LogP) is 5.61. The van der Waals surface area contributed by atoms with E-state index in [-0.39, 0.29) is 0 Å². The first kappa shape index (κ1) is 14.3. The van der Waals surface area contributed by atoms with E-state index in [0.717, 1.165) is 12.0 Å². The molecule has 0 unspecified atom stereocenters. The molecule has 0 atom stereocenters. The van der Waals surface area contributed by atoms with E-state index in [4.69, 9.17) is 0 Å². The Kier molecular flexibility index (Phi) is 4.95. The summed E-state index contributed by atoms with van der Waals surface area (Å²) in [5.41, 5.74) is 4.93. The van der Waals surface area contributed by atoms with Crippen LogP contribution in [0.5, 0.6) is 0 Å². The Morgan fingerprint density at radius 2 is 1.65 bits per heavy atom. The molecule has 2 aromatic carbocycles. The smallest absolute Gasteiger partial charge is 0.00257 e. The van der Waals surface area contributed by atoms with Gasteiger partial charge in [-0.15, -0.1) is 0 Å². The molecular formula is C20H22. The lowest BCUT2D eigenvalue weighted by Gasteiger charge is -2.07. The molecule has 0 aliphatic carbocycles. The molecule has 102 valence electrons. The summed E-state index contributed by atoms with van der Waals surface area (Å²) in [6, 6.07) is 19.1. The zero-order valence-electron chi connectivity index (χ0n) is 12.3. The second-order valence-corrected chi connectivity index (χ2v) is 5.49. The monoisotopic (exact) mass is 262 g/mol. The first-order chi connectivity index (χ1) is 9.65. The third-order valence-electron chi connectivity index (χ3n) is 3.25. The van der Waals surface area contributed by atoms with Crippen LogP contribution < -0.4 is 0 Å². The third kappa shape index (κ3) is 4.24. The van der Waals surface area contributed by atoms with Crippen molar-refractivity contribution < 1.29 is 0 Å². The van der Waals surface area contributed by atoms with Gasteiger partial charge in [0.2, 0.25) is 0 Å². The van der Waals surface area contributed by atoms with E-state index in [9.17, 15) is 0 Å². The van der Waals surface area contributed by atoms with Crippen molar-refractivity contribution in [2.75, 3.05) is 0 Å². The van der Waals surface area contributed by atoms with E-state index in [1.165, 1.54) is 16.7 Å². The third-order valence-corrected chi connectivity index (χ3v) is 3.25. The molecule has 2 rings (SSSR count). The van der Waals surface area contributed by atoms with Gasteiger partial charge in [0.15, 0.2) is 0 Å². The van der Waals surface area contributed by atoms with Gasteiger partial charge in [0, 0.05) is 0 Å². The number of allylic oxidation sites excluding steroid dienone is 2. The molecule has 0 saturated heterocycles. The van der Waals surface area contributed by atoms with Crippen molar-refractivity contribution in [1.82, 2.24) is 0 Å². The first-order valence-electron chi connectivity index (χ1n) is 7.15. The summed E-state index contributed by atoms with van der Waals surface area (Å²) in [7, 11) is 0. The summed E-state index contributed by atoms with van der Waals surface area (Å²) in [6.07, 6.45) is 5.30. The van der Waals surface area contributed by atoms with Crippen molar-refractivity contribution in [2.24, 2.45) is 5.92 Å². The minimum absolute atomic E-state index is 0.586. The van der Waals surface area contributed by atoms with Crippen LogP contribution in [0.1, 0.15) is 30.5 Å². The summed E-state index contributed by atoms with van der Waals surface area (Å²) in [5.74, 6) is 0.586. The highest BCUT2D eigenvalue weighted by atomic mass is 14.1. The van der Waals surface area contributed by atoms with Crippen LogP contribution in [-0.2, 0) is 6.42 Å². The van der Waals surface area contributed by atoms with Crippen molar-refractivity contribution in [2.45, 2.75) is 20.3 Å². The molecule has 0 radical (unpaired) electrons. The molecule has 0 saturated carbocycles. The number of rotatable bonds is 5. The molecule has 0 bridgehead atoms. The average molecular weight is 262 g/mol. The number of benzene rings is 2. The highest BCUT2D eigenvalue weighted by Gasteiger charge is 2.00. The van der Waals surface area contributed by atoms with Crippen LogP contribution >= 0.6 is 0 Å². The number of hydrogen-bond donors (Lipinski definition) is 0. The summed E-state index contributed by atoms with van der Waals surface area (Å²) >= 11 is 0. The molecule has 0 aromatic heterocycles. The highest BCUT2D eigenvalue weighted by Crippen LogP contribution is 2.19. The molecule has 0 heterocycles. The van der Waals surface area contributed by atoms with Crippen LogP contribution in [0, 0.1) is 5.92 Å². The summed E-state index contributed by atoms with van der Waals surface area (Å²) in [4.78, 5) is 0. The molecular weight excluding hydrogens is 240 g/mol. The zero-order chi connectivity index (χ0) is 14.4. The van der Waals surface area contributed by atoms with E-state index in [1.807, 2.05) is 6.07 Å². The fourth-order valence-electron chi connectivity index (χ4n) is 2.08. The molecule has 0 amide bonds. The van der Waals surface area contributed by atoms with Gasteiger partial charge in [-0.3, -0.25) is 0 Å². The standard InChI is InChI=1S/C20H22/c1-16(2)9-10-18-11-13-20(14-12-18)17(3)15-19-7-5-4-6-8-19/h4-14,16H,3,15H2,1-2H3/b10-9+. The fourth-order valence-corrected chi connectivity index (χ4v) is 2.08. The molecule has 2 aromatic rings. The van der Waals surface area contributed by atoms with Gasteiger partial charge in [0.1, 0.15) is 0 Å². The van der Waals surface area contributed by atoms with Crippen LogP contribution in [0.4, 0.5) is 0 Å². The first-order valence-corrected chi connectivity index (χ1v) is 7.15. The van der Waals surface area contributed by atoms with Gasteiger partial charge in [-0.25, -0.2) is 0 Å². The Morgan fingerprint density at radius 3 is 2.25 bits per heavy atom. The maximum absolute atomic E-state index is 4.21. The van der Waals surface area contributed by atoms with E-state index in [1.54, 1.807) is 0 Å². The normalized spacial score (nSPS) is 11.2. The maximum atomic E-state index is 4.21. The topological polar surface area (TPSA) is 0 Å². The SMILES string of the molecule is C=C(Cc1ccccc1)c1ccc(/C=C/C(C)C)cc1. The summed E-state index contributed by atoms with van der Waals surface area (Å²) in [5, 5.41) is 0. The quantitative estimate of drug-likeness (QED) is 0.656. The van der Waals surface area contributed by atoms with Gasteiger partial charge in [-0.1, -0.05) is 87.2 Å².